The summed E-state index contributed by atoms with van der Waals surface area (Å²) in [6.07, 6.45) is 3.35. The third kappa shape index (κ3) is 2.91. The molecule has 0 aliphatic heterocycles. The highest BCUT2D eigenvalue weighted by Crippen LogP contribution is 2.22. The first-order valence-electron chi connectivity index (χ1n) is 4.33. The molecule has 0 atom stereocenters. The summed E-state index contributed by atoms with van der Waals surface area (Å²) in [4.78, 5) is 12.6. The van der Waals surface area contributed by atoms with Gasteiger partial charge in [0.1, 0.15) is 5.03 Å². The highest BCUT2D eigenvalue weighted by molar-refractivity contribution is 7.99. The molecule has 2 aromatic rings. The Kier molecular flexibility index (Phi) is 3.18. The van der Waals surface area contributed by atoms with E-state index in [2.05, 4.69) is 15.0 Å². The number of aryl methyl sites for hydroxylation is 1. The lowest BCUT2D eigenvalue weighted by molar-refractivity contribution is 0.928. The van der Waals surface area contributed by atoms with Gasteiger partial charge in [-0.25, -0.2) is 15.0 Å². The van der Waals surface area contributed by atoms with Gasteiger partial charge in [0.05, 0.1) is 5.02 Å². The van der Waals surface area contributed by atoms with Crippen molar-refractivity contribution in [2.24, 2.45) is 0 Å². The van der Waals surface area contributed by atoms with Crippen LogP contribution in [0.3, 0.4) is 0 Å². The summed E-state index contributed by atoms with van der Waals surface area (Å²) in [6.45, 7) is 1.93. The number of rotatable bonds is 2. The van der Waals surface area contributed by atoms with Gasteiger partial charge in [-0.3, -0.25) is 0 Å². The van der Waals surface area contributed by atoms with Crippen LogP contribution in [-0.4, -0.2) is 15.0 Å². The van der Waals surface area contributed by atoms with Crippen molar-refractivity contribution in [3.05, 3.63) is 41.3 Å². The van der Waals surface area contributed by atoms with E-state index in [4.69, 9.17) is 11.6 Å². The first-order valence-corrected chi connectivity index (χ1v) is 5.52. The van der Waals surface area contributed by atoms with E-state index < -0.39 is 0 Å². The number of halogens is 1. The molecule has 0 aliphatic carbocycles. The van der Waals surface area contributed by atoms with Gasteiger partial charge in [-0.15, -0.1) is 0 Å². The van der Waals surface area contributed by atoms with E-state index in [-0.39, 0.29) is 0 Å². The van der Waals surface area contributed by atoms with Gasteiger partial charge in [0.25, 0.3) is 0 Å². The predicted molar refractivity (Wildman–Crippen MR) is 60.1 cm³/mol. The van der Waals surface area contributed by atoms with Crippen molar-refractivity contribution in [3.8, 4) is 0 Å². The quantitative estimate of drug-likeness (QED) is 0.753. The highest BCUT2D eigenvalue weighted by Gasteiger charge is 2.01. The maximum absolute atomic E-state index is 5.74. The molecule has 0 amide bonds. The van der Waals surface area contributed by atoms with E-state index >= 15 is 0 Å². The van der Waals surface area contributed by atoms with Crippen LogP contribution in [0.15, 0.2) is 40.8 Å². The van der Waals surface area contributed by atoms with Gasteiger partial charge < -0.3 is 0 Å². The van der Waals surface area contributed by atoms with Gasteiger partial charge in [0.15, 0.2) is 5.16 Å². The summed E-state index contributed by atoms with van der Waals surface area (Å²) in [6, 6.07) is 5.50. The van der Waals surface area contributed by atoms with Crippen LogP contribution < -0.4 is 0 Å². The topological polar surface area (TPSA) is 38.7 Å². The summed E-state index contributed by atoms with van der Waals surface area (Å²) < 4.78 is 0. The second-order valence-electron chi connectivity index (χ2n) is 2.90. The highest BCUT2D eigenvalue weighted by atomic mass is 35.5. The first-order chi connectivity index (χ1) is 7.24. The number of pyridine rings is 1. The standard InChI is InChI=1S/C10H8ClN3S/c1-7-4-5-12-10(14-7)15-9-3-2-8(11)6-13-9/h2-6H,1H3. The van der Waals surface area contributed by atoms with Crippen molar-refractivity contribution < 1.29 is 0 Å². The zero-order valence-electron chi connectivity index (χ0n) is 8.01. The van der Waals surface area contributed by atoms with E-state index in [0.29, 0.717) is 10.2 Å². The minimum absolute atomic E-state index is 0.629. The number of hydrogen-bond donors (Lipinski definition) is 0. The van der Waals surface area contributed by atoms with Crippen LogP contribution in [-0.2, 0) is 0 Å². The lowest BCUT2D eigenvalue weighted by atomic mass is 10.5. The molecular weight excluding hydrogens is 230 g/mol. The van der Waals surface area contributed by atoms with Gasteiger partial charge in [0, 0.05) is 18.1 Å². The molecule has 2 rings (SSSR count). The minimum Gasteiger partial charge on any atom is -0.248 e. The van der Waals surface area contributed by atoms with E-state index in [1.807, 2.05) is 19.1 Å². The van der Waals surface area contributed by atoms with Crippen LogP contribution >= 0.6 is 23.4 Å². The molecule has 0 aromatic carbocycles. The largest absolute Gasteiger partial charge is 0.248 e. The first kappa shape index (κ1) is 10.4. The molecule has 0 unspecified atom stereocenters. The van der Waals surface area contributed by atoms with Crippen LogP contribution in [0, 0.1) is 6.92 Å². The molecule has 0 saturated heterocycles. The number of nitrogens with zero attached hydrogens (tertiary/aromatic N) is 3. The average Bonchev–Trinajstić information content (AvgIpc) is 2.22. The van der Waals surface area contributed by atoms with E-state index in [1.165, 1.54) is 11.8 Å². The van der Waals surface area contributed by atoms with Gasteiger partial charge in [-0.1, -0.05) is 11.6 Å². The van der Waals surface area contributed by atoms with Gasteiger partial charge in [0.2, 0.25) is 0 Å². The fourth-order valence-electron chi connectivity index (χ4n) is 0.991. The Bertz CT molecular complexity index is 458. The molecule has 2 heterocycles. The molecule has 5 heteroatoms. The Morgan fingerprint density at radius 3 is 2.73 bits per heavy atom. The fourth-order valence-corrected chi connectivity index (χ4v) is 1.83. The van der Waals surface area contributed by atoms with Gasteiger partial charge >= 0.3 is 0 Å². The molecule has 0 saturated carbocycles. The third-order valence-electron chi connectivity index (χ3n) is 1.67. The molecular formula is C10H8ClN3S. The SMILES string of the molecule is Cc1ccnc(Sc2ccc(Cl)cn2)n1. The second-order valence-corrected chi connectivity index (χ2v) is 4.32. The number of aromatic nitrogens is 3. The Morgan fingerprint density at radius 1 is 1.20 bits per heavy atom. The third-order valence-corrected chi connectivity index (χ3v) is 2.72. The molecule has 0 radical (unpaired) electrons. The molecule has 0 N–H and O–H groups in total. The monoisotopic (exact) mass is 237 g/mol. The van der Waals surface area contributed by atoms with Crippen molar-refractivity contribution in [2.75, 3.05) is 0 Å². The molecule has 0 spiro atoms. The maximum Gasteiger partial charge on any atom is 0.194 e. The normalized spacial score (nSPS) is 10.3. The molecule has 2 aromatic heterocycles. The lowest BCUT2D eigenvalue weighted by Gasteiger charge is -1.99. The van der Waals surface area contributed by atoms with Crippen molar-refractivity contribution in [2.45, 2.75) is 17.1 Å². The predicted octanol–water partition coefficient (Wildman–Crippen LogP) is 2.98. The van der Waals surface area contributed by atoms with Crippen LogP contribution in [0.4, 0.5) is 0 Å². The number of hydrogen-bond acceptors (Lipinski definition) is 4. The summed E-state index contributed by atoms with van der Waals surface area (Å²) >= 11 is 7.16. The molecule has 0 fully saturated rings. The van der Waals surface area contributed by atoms with Crippen LogP contribution in [0.1, 0.15) is 5.69 Å². The molecule has 3 nitrogen and oxygen atoms in total. The molecule has 76 valence electrons. The van der Waals surface area contributed by atoms with Crippen molar-refractivity contribution >= 4 is 23.4 Å². The Morgan fingerprint density at radius 2 is 2.07 bits per heavy atom. The Hall–Kier alpha value is -1.13. The van der Waals surface area contributed by atoms with Crippen LogP contribution in [0.2, 0.25) is 5.02 Å². The van der Waals surface area contributed by atoms with E-state index in [1.54, 1.807) is 18.5 Å². The molecule has 15 heavy (non-hydrogen) atoms. The zero-order chi connectivity index (χ0) is 10.7. The average molecular weight is 238 g/mol. The van der Waals surface area contributed by atoms with Crippen molar-refractivity contribution in [1.29, 1.82) is 0 Å². The van der Waals surface area contributed by atoms with E-state index in [0.717, 1.165) is 10.7 Å². The Labute approximate surface area is 96.9 Å². The Balaban J connectivity index is 2.18. The lowest BCUT2D eigenvalue weighted by Crippen LogP contribution is -1.88. The summed E-state index contributed by atoms with van der Waals surface area (Å²) in [7, 11) is 0. The fraction of sp³-hybridized carbons (Fsp3) is 0.100. The summed E-state index contributed by atoms with van der Waals surface area (Å²) in [5.74, 6) is 0. The maximum atomic E-state index is 5.74. The zero-order valence-corrected chi connectivity index (χ0v) is 9.59. The van der Waals surface area contributed by atoms with Crippen molar-refractivity contribution in [1.82, 2.24) is 15.0 Å². The van der Waals surface area contributed by atoms with Crippen molar-refractivity contribution in [3.63, 3.8) is 0 Å². The summed E-state index contributed by atoms with van der Waals surface area (Å²) in [5, 5.41) is 2.17. The minimum atomic E-state index is 0.629. The van der Waals surface area contributed by atoms with Gasteiger partial charge in [-0.05, 0) is 36.9 Å². The van der Waals surface area contributed by atoms with E-state index in [9.17, 15) is 0 Å². The van der Waals surface area contributed by atoms with Crippen LogP contribution in [0.5, 0.6) is 0 Å². The molecule has 0 aliphatic rings. The molecule has 0 bridgehead atoms. The second kappa shape index (κ2) is 4.59. The summed E-state index contributed by atoms with van der Waals surface area (Å²) in [5.41, 5.74) is 0.946. The smallest absolute Gasteiger partial charge is 0.194 e. The van der Waals surface area contributed by atoms with Crippen LogP contribution in [0.25, 0.3) is 0 Å². The van der Waals surface area contributed by atoms with Gasteiger partial charge in [-0.2, -0.15) is 0 Å².